The smallest absolute Gasteiger partial charge is 0.331 e. The van der Waals surface area contributed by atoms with Gasteiger partial charge in [0.25, 0.3) is 5.91 Å². The second-order valence-electron chi connectivity index (χ2n) is 5.68. The average Bonchev–Trinajstić information content (AvgIpc) is 2.67. The van der Waals surface area contributed by atoms with E-state index in [0.717, 1.165) is 17.5 Å². The van der Waals surface area contributed by atoms with Crippen LogP contribution in [0.4, 0.5) is 0 Å². The van der Waals surface area contributed by atoms with Gasteiger partial charge >= 0.3 is 5.97 Å². The van der Waals surface area contributed by atoms with E-state index in [2.05, 4.69) is 5.32 Å². The molecule has 0 saturated heterocycles. The van der Waals surface area contributed by atoms with E-state index in [4.69, 9.17) is 9.47 Å². The molecule has 0 heterocycles. The molecule has 0 radical (unpaired) electrons. The first-order valence-electron chi connectivity index (χ1n) is 8.43. The highest BCUT2D eigenvalue weighted by molar-refractivity contribution is 5.90. The third-order valence-corrected chi connectivity index (χ3v) is 3.76. The SMILES string of the molecule is COc1ccccc1/C=C/C(=O)OC(C)C(=O)NCCc1ccccc1. The van der Waals surface area contributed by atoms with Crippen molar-refractivity contribution in [2.45, 2.75) is 19.4 Å². The molecular weight excluding hydrogens is 330 g/mol. The second kappa shape index (κ2) is 10.0. The Labute approximate surface area is 153 Å². The summed E-state index contributed by atoms with van der Waals surface area (Å²) in [6, 6.07) is 17.2. The predicted octanol–water partition coefficient (Wildman–Crippen LogP) is 3.00. The van der Waals surface area contributed by atoms with E-state index in [1.165, 1.54) is 6.08 Å². The lowest BCUT2D eigenvalue weighted by atomic mass is 10.1. The standard InChI is InChI=1S/C21H23NO4/c1-16(21(24)22-15-14-17-8-4-3-5-9-17)26-20(23)13-12-18-10-6-7-11-19(18)25-2/h3-13,16H,14-15H2,1-2H3,(H,22,24)/b13-12+. The van der Waals surface area contributed by atoms with Crippen molar-refractivity contribution in [3.63, 3.8) is 0 Å². The number of ether oxygens (including phenoxy) is 2. The molecule has 1 unspecified atom stereocenters. The topological polar surface area (TPSA) is 64.6 Å². The van der Waals surface area contributed by atoms with Crippen LogP contribution in [0.15, 0.2) is 60.7 Å². The number of rotatable bonds is 8. The first kappa shape index (κ1) is 19.2. The van der Waals surface area contributed by atoms with E-state index in [9.17, 15) is 9.59 Å². The molecule has 2 aromatic carbocycles. The lowest BCUT2D eigenvalue weighted by Gasteiger charge is -2.12. The highest BCUT2D eigenvalue weighted by Crippen LogP contribution is 2.18. The van der Waals surface area contributed by atoms with Gasteiger partial charge in [-0.3, -0.25) is 4.79 Å². The van der Waals surface area contributed by atoms with E-state index >= 15 is 0 Å². The number of hydrogen-bond donors (Lipinski definition) is 1. The van der Waals surface area contributed by atoms with Gasteiger partial charge in [-0.2, -0.15) is 0 Å². The number of benzene rings is 2. The quantitative estimate of drug-likeness (QED) is 0.585. The van der Waals surface area contributed by atoms with Crippen molar-refractivity contribution < 1.29 is 19.1 Å². The van der Waals surface area contributed by atoms with Gasteiger partial charge in [-0.1, -0.05) is 48.5 Å². The number of amides is 1. The fraction of sp³-hybridized carbons (Fsp3) is 0.238. The lowest BCUT2D eigenvalue weighted by Crippen LogP contribution is -2.36. The van der Waals surface area contributed by atoms with Crippen molar-refractivity contribution in [3.05, 3.63) is 71.8 Å². The van der Waals surface area contributed by atoms with Crippen molar-refractivity contribution in [2.75, 3.05) is 13.7 Å². The van der Waals surface area contributed by atoms with Gasteiger partial charge in [0, 0.05) is 18.2 Å². The molecular formula is C21H23NO4. The number of hydrogen-bond acceptors (Lipinski definition) is 4. The maximum Gasteiger partial charge on any atom is 0.331 e. The van der Waals surface area contributed by atoms with Crippen LogP contribution in [0.5, 0.6) is 5.75 Å². The van der Waals surface area contributed by atoms with Crippen LogP contribution in [0.2, 0.25) is 0 Å². The maximum absolute atomic E-state index is 12.0. The molecule has 1 atom stereocenters. The summed E-state index contributed by atoms with van der Waals surface area (Å²) < 4.78 is 10.3. The van der Waals surface area contributed by atoms with Gasteiger partial charge in [0.15, 0.2) is 6.10 Å². The fourth-order valence-corrected chi connectivity index (χ4v) is 2.35. The number of carbonyl (C=O) groups is 2. The third kappa shape index (κ3) is 6.09. The maximum atomic E-state index is 12.0. The Bertz CT molecular complexity index is 756. The first-order valence-corrected chi connectivity index (χ1v) is 8.43. The number of para-hydroxylation sites is 1. The summed E-state index contributed by atoms with van der Waals surface area (Å²) >= 11 is 0. The zero-order valence-electron chi connectivity index (χ0n) is 15.0. The highest BCUT2D eigenvalue weighted by atomic mass is 16.5. The third-order valence-electron chi connectivity index (χ3n) is 3.76. The summed E-state index contributed by atoms with van der Waals surface area (Å²) in [7, 11) is 1.56. The van der Waals surface area contributed by atoms with Gasteiger partial charge in [-0.05, 0) is 31.1 Å². The van der Waals surface area contributed by atoms with E-state index in [0.29, 0.717) is 12.3 Å². The van der Waals surface area contributed by atoms with E-state index in [1.807, 2.05) is 48.5 Å². The Kier molecular flexibility index (Phi) is 7.43. The number of carbonyl (C=O) groups excluding carboxylic acids is 2. The first-order chi connectivity index (χ1) is 12.6. The van der Waals surface area contributed by atoms with Crippen molar-refractivity contribution in [1.29, 1.82) is 0 Å². The molecule has 0 saturated carbocycles. The Hall–Kier alpha value is -3.08. The zero-order chi connectivity index (χ0) is 18.8. The predicted molar refractivity (Wildman–Crippen MR) is 101 cm³/mol. The van der Waals surface area contributed by atoms with Crippen molar-refractivity contribution in [1.82, 2.24) is 5.32 Å². The summed E-state index contributed by atoms with van der Waals surface area (Å²) in [5.74, 6) is -0.246. The van der Waals surface area contributed by atoms with E-state index in [1.54, 1.807) is 26.2 Å². The zero-order valence-corrected chi connectivity index (χ0v) is 15.0. The Balaban J connectivity index is 1.78. The molecule has 0 aliphatic carbocycles. The van der Waals surface area contributed by atoms with Gasteiger partial charge in [0.05, 0.1) is 7.11 Å². The number of methoxy groups -OCH3 is 1. The largest absolute Gasteiger partial charge is 0.496 e. The minimum absolute atomic E-state index is 0.319. The van der Waals surface area contributed by atoms with Crippen LogP contribution in [0, 0.1) is 0 Å². The molecule has 0 aromatic heterocycles. The molecule has 2 rings (SSSR count). The van der Waals surface area contributed by atoms with E-state index in [-0.39, 0.29) is 5.91 Å². The minimum Gasteiger partial charge on any atom is -0.496 e. The Morgan fingerprint density at radius 1 is 1.08 bits per heavy atom. The van der Waals surface area contributed by atoms with Crippen LogP contribution < -0.4 is 10.1 Å². The molecule has 0 bridgehead atoms. The molecule has 0 aliphatic heterocycles. The molecule has 1 N–H and O–H groups in total. The minimum atomic E-state index is -0.861. The molecule has 1 amide bonds. The molecule has 136 valence electrons. The molecule has 0 spiro atoms. The molecule has 5 nitrogen and oxygen atoms in total. The van der Waals surface area contributed by atoms with Crippen molar-refractivity contribution in [2.24, 2.45) is 0 Å². The van der Waals surface area contributed by atoms with Gasteiger partial charge in [-0.25, -0.2) is 4.79 Å². The second-order valence-corrected chi connectivity index (χ2v) is 5.68. The number of esters is 1. The monoisotopic (exact) mass is 353 g/mol. The molecule has 5 heteroatoms. The summed E-state index contributed by atoms with van der Waals surface area (Å²) in [4.78, 5) is 23.9. The van der Waals surface area contributed by atoms with Gasteiger partial charge in [0.2, 0.25) is 0 Å². The summed E-state index contributed by atoms with van der Waals surface area (Å²) in [5, 5.41) is 2.77. The molecule has 2 aromatic rings. The van der Waals surface area contributed by atoms with Crippen LogP contribution >= 0.6 is 0 Å². The highest BCUT2D eigenvalue weighted by Gasteiger charge is 2.15. The van der Waals surface area contributed by atoms with Crippen LogP contribution in [-0.2, 0) is 20.7 Å². The molecule has 0 aliphatic rings. The van der Waals surface area contributed by atoms with Crippen LogP contribution in [0.25, 0.3) is 6.08 Å². The Morgan fingerprint density at radius 3 is 2.50 bits per heavy atom. The van der Waals surface area contributed by atoms with Crippen molar-refractivity contribution in [3.8, 4) is 5.75 Å². The van der Waals surface area contributed by atoms with Crippen molar-refractivity contribution >= 4 is 18.0 Å². The Morgan fingerprint density at radius 2 is 1.77 bits per heavy atom. The summed E-state index contributed by atoms with van der Waals surface area (Å²) in [6.07, 6.45) is 2.74. The fourth-order valence-electron chi connectivity index (χ4n) is 2.35. The normalized spacial score (nSPS) is 11.8. The summed E-state index contributed by atoms with van der Waals surface area (Å²) in [6.45, 7) is 2.04. The van der Waals surface area contributed by atoms with E-state index < -0.39 is 12.1 Å². The molecule has 26 heavy (non-hydrogen) atoms. The molecule has 0 fully saturated rings. The number of nitrogens with one attached hydrogen (secondary N) is 1. The average molecular weight is 353 g/mol. The summed E-state index contributed by atoms with van der Waals surface area (Å²) in [5.41, 5.74) is 1.89. The van der Waals surface area contributed by atoms with Crippen LogP contribution in [-0.4, -0.2) is 31.6 Å². The van der Waals surface area contributed by atoms with Gasteiger partial charge in [-0.15, -0.1) is 0 Å². The van der Waals surface area contributed by atoms with Gasteiger partial charge in [0.1, 0.15) is 5.75 Å². The van der Waals surface area contributed by atoms with Crippen LogP contribution in [0.1, 0.15) is 18.1 Å². The van der Waals surface area contributed by atoms with Crippen LogP contribution in [0.3, 0.4) is 0 Å². The lowest BCUT2D eigenvalue weighted by molar-refractivity contribution is -0.150. The van der Waals surface area contributed by atoms with Gasteiger partial charge < -0.3 is 14.8 Å².